The fourth-order valence-corrected chi connectivity index (χ4v) is 2.99. The molecule has 1 aliphatic rings. The summed E-state index contributed by atoms with van der Waals surface area (Å²) >= 11 is 8.42. The lowest BCUT2D eigenvalue weighted by molar-refractivity contribution is -0.135. The van der Waals surface area contributed by atoms with Crippen molar-refractivity contribution in [3.05, 3.63) is 40.5 Å². The van der Waals surface area contributed by atoms with Gasteiger partial charge >= 0.3 is 0 Å². The molecular weight excluding hydrogens is 396 g/mol. The summed E-state index contributed by atoms with van der Waals surface area (Å²) in [6.45, 7) is 5.21. The Bertz CT molecular complexity index is 761. The second-order valence-corrected chi connectivity index (χ2v) is 6.02. The van der Waals surface area contributed by atoms with Crippen LogP contribution in [0.25, 0.3) is 6.08 Å². The molecule has 0 radical (unpaired) electrons. The van der Waals surface area contributed by atoms with Crippen LogP contribution in [0.1, 0.15) is 12.5 Å². The number of halogens is 1. The van der Waals surface area contributed by atoms with E-state index in [4.69, 9.17) is 21.7 Å². The second-order valence-electron chi connectivity index (χ2n) is 4.78. The highest BCUT2D eigenvalue weighted by Gasteiger charge is 2.33. The van der Waals surface area contributed by atoms with Crippen LogP contribution in [0.4, 0.5) is 0 Å². The summed E-state index contributed by atoms with van der Waals surface area (Å²) in [5.41, 5.74) is 0.887. The molecule has 1 aromatic rings. The van der Waals surface area contributed by atoms with Crippen LogP contribution in [0.2, 0.25) is 0 Å². The number of methoxy groups -OCH3 is 1. The van der Waals surface area contributed by atoms with Crippen molar-refractivity contribution in [3.8, 4) is 11.5 Å². The molecule has 1 aromatic carbocycles. The van der Waals surface area contributed by atoms with E-state index in [0.717, 1.165) is 4.90 Å². The first-order valence-electron chi connectivity index (χ1n) is 6.88. The molecule has 1 aliphatic heterocycles. The Hall–Kier alpha value is -2.19. The average Bonchev–Trinajstić information content (AvgIpc) is 2.79. The lowest BCUT2D eigenvalue weighted by Crippen LogP contribution is -2.34. The number of hydrogen-bond donors (Lipinski definition) is 1. The van der Waals surface area contributed by atoms with Crippen molar-refractivity contribution in [1.82, 2.24) is 10.2 Å². The highest BCUT2D eigenvalue weighted by atomic mass is 79.9. The number of imide groups is 1. The molecule has 1 fully saturated rings. The van der Waals surface area contributed by atoms with Gasteiger partial charge in [-0.1, -0.05) is 12.7 Å². The fourth-order valence-electron chi connectivity index (χ4n) is 2.09. The van der Waals surface area contributed by atoms with Crippen LogP contribution >= 0.6 is 28.1 Å². The van der Waals surface area contributed by atoms with Crippen molar-refractivity contribution in [3.63, 3.8) is 0 Å². The molecule has 0 aromatic heterocycles. The molecule has 0 saturated carbocycles. The zero-order valence-electron chi connectivity index (χ0n) is 13.1. The molecule has 1 saturated heterocycles. The Morgan fingerprint density at radius 1 is 1.50 bits per heavy atom. The molecule has 0 aliphatic carbocycles. The predicted octanol–water partition coefficient (Wildman–Crippen LogP) is 2.63. The lowest BCUT2D eigenvalue weighted by Gasteiger charge is -2.12. The topological polar surface area (TPSA) is 67.9 Å². The Labute approximate surface area is 153 Å². The van der Waals surface area contributed by atoms with Crippen LogP contribution in [0.3, 0.4) is 0 Å². The summed E-state index contributed by atoms with van der Waals surface area (Å²) in [6.07, 6.45) is 3.21. The zero-order chi connectivity index (χ0) is 17.9. The van der Waals surface area contributed by atoms with Crippen LogP contribution in [0, 0.1) is 0 Å². The van der Waals surface area contributed by atoms with E-state index in [0.29, 0.717) is 28.1 Å². The largest absolute Gasteiger partial charge is 0.493 e. The van der Waals surface area contributed by atoms with Gasteiger partial charge in [-0.15, -0.1) is 0 Å². The lowest BCUT2D eigenvalue weighted by atomic mass is 10.1. The normalized spacial score (nSPS) is 15.5. The second kappa shape index (κ2) is 7.59. The van der Waals surface area contributed by atoms with Crippen molar-refractivity contribution in [2.45, 2.75) is 6.92 Å². The van der Waals surface area contributed by atoms with Crippen molar-refractivity contribution in [1.29, 1.82) is 0 Å². The SMILES string of the molecule is C=CCOc1c(Br)cc(C=C2NC(=S)N(C(C)=O)C2=O)cc1OC. The van der Waals surface area contributed by atoms with Gasteiger partial charge in [-0.05, 0) is 51.9 Å². The van der Waals surface area contributed by atoms with E-state index < -0.39 is 11.8 Å². The van der Waals surface area contributed by atoms with Crippen molar-refractivity contribution >= 4 is 51.2 Å². The van der Waals surface area contributed by atoms with Gasteiger partial charge in [0, 0.05) is 6.92 Å². The van der Waals surface area contributed by atoms with Crippen molar-refractivity contribution in [2.24, 2.45) is 0 Å². The Morgan fingerprint density at radius 2 is 2.21 bits per heavy atom. The number of nitrogens with zero attached hydrogens (tertiary/aromatic N) is 1. The first-order chi connectivity index (χ1) is 11.4. The maximum Gasteiger partial charge on any atom is 0.283 e. The van der Waals surface area contributed by atoms with Crippen LogP contribution in [0.5, 0.6) is 11.5 Å². The molecular formula is C16H15BrN2O4S. The van der Waals surface area contributed by atoms with Gasteiger partial charge in [0.2, 0.25) is 5.91 Å². The third kappa shape index (κ3) is 3.65. The van der Waals surface area contributed by atoms with Gasteiger partial charge in [0.15, 0.2) is 16.6 Å². The molecule has 2 amide bonds. The minimum absolute atomic E-state index is 0.0655. The number of nitrogens with one attached hydrogen (secondary N) is 1. The van der Waals surface area contributed by atoms with E-state index >= 15 is 0 Å². The number of benzene rings is 1. The van der Waals surface area contributed by atoms with Gasteiger partial charge in [0.05, 0.1) is 11.6 Å². The summed E-state index contributed by atoms with van der Waals surface area (Å²) in [7, 11) is 1.52. The number of carbonyl (C=O) groups excluding carboxylic acids is 2. The molecule has 0 spiro atoms. The van der Waals surface area contributed by atoms with Crippen molar-refractivity contribution in [2.75, 3.05) is 13.7 Å². The zero-order valence-corrected chi connectivity index (χ0v) is 15.5. The standard InChI is InChI=1S/C16H15BrN2O4S/c1-4-5-23-14-11(17)6-10(8-13(14)22-3)7-12-15(21)19(9(2)20)16(24)18-12/h4,6-8H,1,5H2,2-3H3,(H,18,24). The van der Waals surface area contributed by atoms with Crippen molar-refractivity contribution < 1.29 is 19.1 Å². The Morgan fingerprint density at radius 3 is 2.75 bits per heavy atom. The fraction of sp³-hybridized carbons (Fsp3) is 0.188. The number of rotatable bonds is 5. The molecule has 24 heavy (non-hydrogen) atoms. The average molecular weight is 411 g/mol. The molecule has 1 heterocycles. The first-order valence-corrected chi connectivity index (χ1v) is 8.08. The summed E-state index contributed by atoms with van der Waals surface area (Å²) in [5.74, 6) is 0.100. The van der Waals surface area contributed by atoms with Gasteiger partial charge < -0.3 is 14.8 Å². The molecule has 2 rings (SSSR count). The van der Waals surface area contributed by atoms with E-state index in [1.54, 1.807) is 24.3 Å². The number of ether oxygens (including phenoxy) is 2. The highest BCUT2D eigenvalue weighted by Crippen LogP contribution is 2.37. The third-order valence-corrected chi connectivity index (χ3v) is 3.98. The summed E-state index contributed by atoms with van der Waals surface area (Å²) in [5, 5.41) is 2.80. The summed E-state index contributed by atoms with van der Waals surface area (Å²) in [4.78, 5) is 24.6. The molecule has 0 bridgehead atoms. The van der Waals surface area contributed by atoms with E-state index in [9.17, 15) is 9.59 Å². The minimum Gasteiger partial charge on any atom is -0.493 e. The number of carbonyl (C=O) groups is 2. The third-order valence-electron chi connectivity index (χ3n) is 3.10. The first kappa shape index (κ1) is 18.2. The number of thiocarbonyl (C=S) groups is 1. The molecule has 126 valence electrons. The van der Waals surface area contributed by atoms with Crippen LogP contribution in [-0.4, -0.2) is 35.5 Å². The smallest absolute Gasteiger partial charge is 0.283 e. The van der Waals surface area contributed by atoms with Gasteiger partial charge in [-0.25, -0.2) is 4.90 Å². The minimum atomic E-state index is -0.491. The van der Waals surface area contributed by atoms with E-state index in [2.05, 4.69) is 27.8 Å². The monoisotopic (exact) mass is 410 g/mol. The van der Waals surface area contributed by atoms with E-state index in [-0.39, 0.29) is 10.8 Å². The maximum atomic E-state index is 12.2. The quantitative estimate of drug-likeness (QED) is 0.457. The van der Waals surface area contributed by atoms with E-state index in [1.807, 2.05) is 0 Å². The van der Waals surface area contributed by atoms with E-state index in [1.165, 1.54) is 14.0 Å². The molecule has 8 heteroatoms. The van der Waals surface area contributed by atoms with Crippen LogP contribution in [0.15, 0.2) is 35.0 Å². The Kier molecular flexibility index (Phi) is 5.74. The molecule has 6 nitrogen and oxygen atoms in total. The maximum absolute atomic E-state index is 12.2. The number of hydrogen-bond acceptors (Lipinski definition) is 5. The van der Waals surface area contributed by atoms with Crippen LogP contribution in [-0.2, 0) is 9.59 Å². The summed E-state index contributed by atoms with van der Waals surface area (Å²) < 4.78 is 11.5. The van der Waals surface area contributed by atoms with Gasteiger partial charge in [0.1, 0.15) is 12.3 Å². The Balaban J connectivity index is 2.38. The highest BCUT2D eigenvalue weighted by molar-refractivity contribution is 9.10. The van der Waals surface area contributed by atoms with Gasteiger partial charge in [-0.2, -0.15) is 0 Å². The molecule has 0 atom stereocenters. The number of amides is 2. The predicted molar refractivity (Wildman–Crippen MR) is 97.6 cm³/mol. The molecule has 1 N–H and O–H groups in total. The van der Waals surface area contributed by atoms with Gasteiger partial charge in [-0.3, -0.25) is 9.59 Å². The summed E-state index contributed by atoms with van der Waals surface area (Å²) in [6, 6.07) is 3.48. The van der Waals surface area contributed by atoms with Crippen LogP contribution < -0.4 is 14.8 Å². The molecule has 0 unspecified atom stereocenters. The van der Waals surface area contributed by atoms with Gasteiger partial charge in [0.25, 0.3) is 5.91 Å².